The fourth-order valence-electron chi connectivity index (χ4n) is 7.84. The van der Waals surface area contributed by atoms with Gasteiger partial charge in [-0.1, -0.05) is 184 Å². The van der Waals surface area contributed by atoms with Gasteiger partial charge in [0.15, 0.2) is 22.7 Å². The van der Waals surface area contributed by atoms with Crippen molar-refractivity contribution in [1.82, 2.24) is 0 Å². The summed E-state index contributed by atoms with van der Waals surface area (Å²) < 4.78 is 0. The van der Waals surface area contributed by atoms with Crippen molar-refractivity contribution in [1.29, 1.82) is 0 Å². The zero-order valence-corrected chi connectivity index (χ0v) is 29.8. The molecule has 52 heavy (non-hydrogen) atoms. The SMILES string of the molecule is CCCc1cccc(C2=NC(c3ccccc3)(C3(c4ccccc4)N=C(c4cccc(CCC)c4)N=C3c3ccccc3)C(c3ccccc3)=N2)c1. The normalized spacial score (nSPS) is 19.5. The molecule has 0 saturated heterocycles. The number of aliphatic imine (C=N–C) groups is 4. The molecule has 4 heteroatoms. The van der Waals surface area contributed by atoms with E-state index in [1.165, 1.54) is 11.1 Å². The molecule has 6 aromatic carbocycles. The van der Waals surface area contributed by atoms with Crippen molar-refractivity contribution in [2.45, 2.75) is 50.6 Å². The quantitative estimate of drug-likeness (QED) is 0.131. The van der Waals surface area contributed by atoms with Crippen molar-refractivity contribution >= 4 is 23.1 Å². The first-order chi connectivity index (χ1) is 25.7. The van der Waals surface area contributed by atoms with E-state index in [0.29, 0.717) is 11.7 Å². The summed E-state index contributed by atoms with van der Waals surface area (Å²) in [6.45, 7) is 4.43. The van der Waals surface area contributed by atoms with Gasteiger partial charge in [-0.15, -0.1) is 0 Å². The Morgan fingerprint density at radius 1 is 0.385 bits per heavy atom. The van der Waals surface area contributed by atoms with E-state index in [0.717, 1.165) is 70.5 Å². The van der Waals surface area contributed by atoms with Crippen molar-refractivity contribution < 1.29 is 0 Å². The van der Waals surface area contributed by atoms with Gasteiger partial charge < -0.3 is 0 Å². The first kappa shape index (κ1) is 33.2. The monoisotopic (exact) mass is 674 g/mol. The first-order valence-corrected chi connectivity index (χ1v) is 18.4. The Labute approximate surface area is 307 Å². The van der Waals surface area contributed by atoms with Crippen molar-refractivity contribution in [2.24, 2.45) is 20.0 Å². The highest BCUT2D eigenvalue weighted by atomic mass is 15.2. The summed E-state index contributed by atoms with van der Waals surface area (Å²) in [4.78, 5) is 23.0. The van der Waals surface area contributed by atoms with E-state index < -0.39 is 11.1 Å². The second kappa shape index (κ2) is 14.3. The van der Waals surface area contributed by atoms with Gasteiger partial charge in [-0.05, 0) is 58.4 Å². The molecule has 4 nitrogen and oxygen atoms in total. The standard InChI is InChI=1S/C48H42N4/c1-3-19-35-21-17-27-39(33-35)45-49-43(37-23-9-5-10-24-37)47(51-45,41-29-13-7-14-30-41)48(42-31-15-8-16-32-42)44(38-25-11-6-12-26-38)50-46(52-48)40-28-18-22-36(34-40)20-4-2/h5-18,21-34H,3-4,19-20H2,1-2H3. The van der Waals surface area contributed by atoms with Crippen LogP contribution in [0.2, 0.25) is 0 Å². The summed E-state index contributed by atoms with van der Waals surface area (Å²) in [5.41, 5.74) is 7.89. The molecule has 0 amide bonds. The van der Waals surface area contributed by atoms with Crippen LogP contribution in [-0.4, -0.2) is 23.1 Å². The Hall–Kier alpha value is -6.00. The van der Waals surface area contributed by atoms with Crippen LogP contribution in [0.25, 0.3) is 0 Å². The minimum atomic E-state index is -1.15. The van der Waals surface area contributed by atoms with E-state index in [4.69, 9.17) is 20.0 Å². The van der Waals surface area contributed by atoms with Crippen molar-refractivity contribution in [2.75, 3.05) is 0 Å². The number of aryl methyl sites for hydroxylation is 2. The molecule has 0 aromatic heterocycles. The van der Waals surface area contributed by atoms with Crippen LogP contribution in [0.5, 0.6) is 0 Å². The molecular formula is C48H42N4. The maximum atomic E-state index is 5.93. The number of amidine groups is 2. The molecule has 0 aliphatic carbocycles. The van der Waals surface area contributed by atoms with E-state index >= 15 is 0 Å². The second-order valence-electron chi connectivity index (χ2n) is 13.6. The second-order valence-corrected chi connectivity index (χ2v) is 13.6. The lowest BCUT2D eigenvalue weighted by atomic mass is 9.62. The van der Waals surface area contributed by atoms with Gasteiger partial charge >= 0.3 is 0 Å². The molecule has 2 atom stereocenters. The molecule has 0 spiro atoms. The largest absolute Gasteiger partial charge is 0.245 e. The predicted octanol–water partition coefficient (Wildman–Crippen LogP) is 10.6. The van der Waals surface area contributed by atoms with Gasteiger partial charge in [-0.3, -0.25) is 0 Å². The topological polar surface area (TPSA) is 49.4 Å². The molecule has 254 valence electrons. The number of hydrogen-bond acceptors (Lipinski definition) is 4. The van der Waals surface area contributed by atoms with Gasteiger partial charge in [0.2, 0.25) is 0 Å². The zero-order chi connectivity index (χ0) is 35.4. The first-order valence-electron chi connectivity index (χ1n) is 18.4. The van der Waals surface area contributed by atoms with Crippen LogP contribution in [0, 0.1) is 0 Å². The fourth-order valence-corrected chi connectivity index (χ4v) is 7.84. The smallest absolute Gasteiger partial charge is 0.165 e. The lowest BCUT2D eigenvalue weighted by molar-refractivity contribution is 0.420. The number of hydrogen-bond donors (Lipinski definition) is 0. The molecule has 0 bridgehead atoms. The van der Waals surface area contributed by atoms with Gasteiger partial charge in [0.25, 0.3) is 0 Å². The van der Waals surface area contributed by atoms with Crippen LogP contribution in [0.4, 0.5) is 0 Å². The van der Waals surface area contributed by atoms with Gasteiger partial charge in [0.05, 0.1) is 11.4 Å². The van der Waals surface area contributed by atoms with E-state index in [2.05, 4.69) is 184 Å². The van der Waals surface area contributed by atoms with Gasteiger partial charge in [0.1, 0.15) is 0 Å². The number of benzene rings is 6. The van der Waals surface area contributed by atoms with Crippen LogP contribution >= 0.6 is 0 Å². The van der Waals surface area contributed by atoms with Gasteiger partial charge in [-0.25, -0.2) is 20.0 Å². The van der Waals surface area contributed by atoms with Crippen molar-refractivity contribution in [3.63, 3.8) is 0 Å². The average Bonchev–Trinajstić information content (AvgIpc) is 3.82. The summed E-state index contributed by atoms with van der Waals surface area (Å²) in [7, 11) is 0. The fraction of sp³-hybridized carbons (Fsp3) is 0.167. The van der Waals surface area contributed by atoms with E-state index in [-0.39, 0.29) is 0 Å². The zero-order valence-electron chi connectivity index (χ0n) is 29.8. The summed E-state index contributed by atoms with van der Waals surface area (Å²) in [5, 5.41) is 0. The molecular weight excluding hydrogens is 633 g/mol. The lowest BCUT2D eigenvalue weighted by Crippen LogP contribution is -2.55. The Balaban J connectivity index is 1.53. The third-order valence-corrected chi connectivity index (χ3v) is 10.1. The molecule has 6 aromatic rings. The Morgan fingerprint density at radius 3 is 1.10 bits per heavy atom. The molecule has 0 fully saturated rings. The van der Waals surface area contributed by atoms with E-state index in [1.807, 2.05) is 0 Å². The highest BCUT2D eigenvalue weighted by Crippen LogP contribution is 2.55. The van der Waals surface area contributed by atoms with E-state index in [9.17, 15) is 0 Å². The molecule has 0 saturated carbocycles. The summed E-state index contributed by atoms with van der Waals surface area (Å²) >= 11 is 0. The molecule has 8 rings (SSSR count). The molecule has 0 radical (unpaired) electrons. The maximum absolute atomic E-state index is 5.93. The summed E-state index contributed by atoms with van der Waals surface area (Å²) in [6.07, 6.45) is 4.11. The van der Waals surface area contributed by atoms with Crippen LogP contribution in [-0.2, 0) is 23.9 Å². The predicted molar refractivity (Wildman–Crippen MR) is 216 cm³/mol. The van der Waals surface area contributed by atoms with Crippen molar-refractivity contribution in [3.8, 4) is 0 Å². The highest BCUT2D eigenvalue weighted by Gasteiger charge is 2.64. The minimum Gasteiger partial charge on any atom is -0.245 e. The Kier molecular flexibility index (Phi) is 9.13. The number of rotatable bonds is 11. The van der Waals surface area contributed by atoms with Crippen LogP contribution in [0.15, 0.2) is 190 Å². The number of nitrogens with zero attached hydrogens (tertiary/aromatic N) is 4. The molecule has 2 aliphatic rings. The lowest BCUT2D eigenvalue weighted by Gasteiger charge is -2.44. The third-order valence-electron chi connectivity index (χ3n) is 10.1. The summed E-state index contributed by atoms with van der Waals surface area (Å²) in [5.74, 6) is 1.38. The van der Waals surface area contributed by atoms with E-state index in [1.54, 1.807) is 0 Å². The highest BCUT2D eigenvalue weighted by molar-refractivity contribution is 6.29. The Morgan fingerprint density at radius 2 is 0.731 bits per heavy atom. The van der Waals surface area contributed by atoms with Gasteiger partial charge in [-0.2, -0.15) is 0 Å². The average molecular weight is 675 g/mol. The molecule has 2 aliphatic heterocycles. The molecule has 0 N–H and O–H groups in total. The minimum absolute atomic E-state index is 0.692. The third kappa shape index (κ3) is 5.75. The molecule has 2 unspecified atom stereocenters. The maximum Gasteiger partial charge on any atom is 0.165 e. The van der Waals surface area contributed by atoms with Crippen LogP contribution in [0.1, 0.15) is 71.2 Å². The van der Waals surface area contributed by atoms with Crippen LogP contribution in [0.3, 0.4) is 0 Å². The van der Waals surface area contributed by atoms with Gasteiger partial charge in [0, 0.05) is 11.1 Å². The Bertz CT molecular complexity index is 2140. The molecule has 2 heterocycles. The van der Waals surface area contributed by atoms with Crippen LogP contribution < -0.4 is 0 Å². The van der Waals surface area contributed by atoms with Crippen molar-refractivity contribution in [3.05, 3.63) is 214 Å². The summed E-state index contributed by atoms with van der Waals surface area (Å²) in [6, 6.07) is 59.7.